The van der Waals surface area contributed by atoms with Crippen molar-refractivity contribution < 1.29 is 14.7 Å². The minimum absolute atomic E-state index is 0.220. The third-order valence-corrected chi connectivity index (χ3v) is 7.08. The summed E-state index contributed by atoms with van der Waals surface area (Å²) in [5.74, 6) is 1.22. The Morgan fingerprint density at radius 2 is 1.89 bits per heavy atom. The van der Waals surface area contributed by atoms with Crippen molar-refractivity contribution in [3.8, 4) is 5.75 Å². The van der Waals surface area contributed by atoms with Gasteiger partial charge in [-0.25, -0.2) is 0 Å². The van der Waals surface area contributed by atoms with Crippen LogP contribution in [0, 0.1) is 5.92 Å². The Balaban J connectivity index is 1.74. The van der Waals surface area contributed by atoms with Crippen molar-refractivity contribution in [2.75, 3.05) is 13.2 Å². The van der Waals surface area contributed by atoms with E-state index >= 15 is 0 Å². The van der Waals surface area contributed by atoms with Crippen LogP contribution < -0.4 is 9.64 Å². The van der Waals surface area contributed by atoms with Gasteiger partial charge in [0.15, 0.2) is 0 Å². The fourth-order valence-corrected chi connectivity index (χ4v) is 5.60. The van der Waals surface area contributed by atoms with Crippen LogP contribution in [0.25, 0.3) is 0 Å². The second kappa shape index (κ2) is 8.44. The first-order chi connectivity index (χ1) is 13.6. The first-order valence-corrected chi connectivity index (χ1v) is 11.0. The Morgan fingerprint density at radius 3 is 2.71 bits per heavy atom. The molecule has 150 valence electrons. The van der Waals surface area contributed by atoms with E-state index in [1.807, 2.05) is 25.1 Å². The zero-order chi connectivity index (χ0) is 19.6. The maximum absolute atomic E-state index is 11.5. The molecule has 4 atom stereocenters. The highest BCUT2D eigenvalue weighted by Gasteiger charge is 2.52. The second-order valence-electron chi connectivity index (χ2n) is 8.33. The number of para-hydroxylation sites is 1. The lowest BCUT2D eigenvalue weighted by Gasteiger charge is -2.50. The minimum atomic E-state index is -0.549. The van der Waals surface area contributed by atoms with E-state index in [9.17, 15) is 5.11 Å². The molecular formula is C24H31ClNO2+. The summed E-state index contributed by atoms with van der Waals surface area (Å²) in [7, 11) is 0. The number of rotatable bonds is 5. The van der Waals surface area contributed by atoms with Gasteiger partial charge in [0.25, 0.3) is 0 Å². The molecule has 1 aliphatic heterocycles. The van der Waals surface area contributed by atoms with Crippen LogP contribution in [0.15, 0.2) is 48.5 Å². The predicted octanol–water partition coefficient (Wildman–Crippen LogP) is 4.19. The second-order valence-corrected chi connectivity index (χ2v) is 8.74. The number of benzene rings is 2. The first-order valence-electron chi connectivity index (χ1n) is 10.6. The molecule has 4 heteroatoms. The van der Waals surface area contributed by atoms with E-state index in [2.05, 4.69) is 30.3 Å². The number of nitrogens with one attached hydrogen (secondary N) is 1. The summed E-state index contributed by atoms with van der Waals surface area (Å²) in [6, 6.07) is 16.8. The molecule has 1 unspecified atom stereocenters. The molecule has 4 rings (SSSR count). The van der Waals surface area contributed by atoms with Crippen molar-refractivity contribution >= 4 is 11.6 Å². The summed E-state index contributed by atoms with van der Waals surface area (Å²) >= 11 is 6.50. The highest BCUT2D eigenvalue weighted by Crippen LogP contribution is 2.45. The average Bonchev–Trinajstić information content (AvgIpc) is 2.70. The van der Waals surface area contributed by atoms with Gasteiger partial charge in [-0.1, -0.05) is 54.8 Å². The van der Waals surface area contributed by atoms with E-state index in [-0.39, 0.29) is 12.0 Å². The van der Waals surface area contributed by atoms with Crippen LogP contribution in [0.4, 0.5) is 0 Å². The first kappa shape index (κ1) is 19.8. The average molecular weight is 401 g/mol. The molecule has 28 heavy (non-hydrogen) atoms. The van der Waals surface area contributed by atoms with Gasteiger partial charge in [0.1, 0.15) is 18.3 Å². The number of likely N-dealkylation sites (tertiary alicyclic amines) is 1. The number of fused-ring (bicyclic) bond motifs is 1. The Bertz CT molecular complexity index is 811. The maximum Gasteiger partial charge on any atom is 0.128 e. The molecule has 0 aromatic heterocycles. The van der Waals surface area contributed by atoms with Crippen LogP contribution in [-0.2, 0) is 6.54 Å². The lowest BCUT2D eigenvalue weighted by atomic mass is 9.66. The number of hydrogen-bond donors (Lipinski definition) is 2. The summed E-state index contributed by atoms with van der Waals surface area (Å²) < 4.78 is 6.00. The molecule has 2 aliphatic rings. The molecule has 1 saturated carbocycles. The molecule has 3 nitrogen and oxygen atoms in total. The number of piperidine rings is 1. The summed E-state index contributed by atoms with van der Waals surface area (Å²) in [5, 5.41) is 12.3. The smallest absolute Gasteiger partial charge is 0.128 e. The SMILES string of the molecule is CCOc1ccccc1[C@H]1[C@@H]2CCCC[C@@]2(O)CC[NH+]1Cc1ccccc1Cl. The molecule has 2 N–H and O–H groups in total. The molecule has 0 spiro atoms. The fraction of sp³-hybridized carbons (Fsp3) is 0.500. The van der Waals surface area contributed by atoms with Crippen LogP contribution in [-0.4, -0.2) is 23.9 Å². The maximum atomic E-state index is 11.5. The monoisotopic (exact) mass is 400 g/mol. The number of aliphatic hydroxyl groups is 1. The molecule has 1 aliphatic carbocycles. The van der Waals surface area contributed by atoms with Crippen molar-refractivity contribution in [2.45, 2.75) is 57.2 Å². The van der Waals surface area contributed by atoms with Crippen LogP contribution >= 0.6 is 11.6 Å². The summed E-state index contributed by atoms with van der Waals surface area (Å²) in [6.45, 7) is 4.50. The number of quaternary nitrogens is 1. The van der Waals surface area contributed by atoms with Gasteiger partial charge in [-0.2, -0.15) is 0 Å². The Labute approximate surface area is 173 Å². The summed E-state index contributed by atoms with van der Waals surface area (Å²) in [5.41, 5.74) is 1.86. The summed E-state index contributed by atoms with van der Waals surface area (Å²) in [4.78, 5) is 1.48. The van der Waals surface area contributed by atoms with Gasteiger partial charge < -0.3 is 14.7 Å². The topological polar surface area (TPSA) is 33.9 Å². The van der Waals surface area contributed by atoms with Crippen LogP contribution in [0.1, 0.15) is 56.2 Å². The largest absolute Gasteiger partial charge is 0.493 e. The van der Waals surface area contributed by atoms with Crippen molar-refractivity contribution in [2.24, 2.45) is 5.92 Å². The van der Waals surface area contributed by atoms with Crippen LogP contribution in [0.2, 0.25) is 5.02 Å². The third-order valence-electron chi connectivity index (χ3n) is 6.72. The Kier molecular flexibility index (Phi) is 5.96. The zero-order valence-electron chi connectivity index (χ0n) is 16.7. The zero-order valence-corrected chi connectivity index (χ0v) is 17.4. The lowest BCUT2D eigenvalue weighted by Crippen LogP contribution is -3.13. The highest BCUT2D eigenvalue weighted by molar-refractivity contribution is 6.31. The van der Waals surface area contributed by atoms with E-state index < -0.39 is 5.60 Å². The van der Waals surface area contributed by atoms with E-state index in [4.69, 9.17) is 16.3 Å². The molecule has 1 heterocycles. The number of hydrogen-bond acceptors (Lipinski definition) is 2. The molecule has 2 aromatic rings. The number of halogens is 1. The molecular weight excluding hydrogens is 370 g/mol. The van der Waals surface area contributed by atoms with E-state index in [1.54, 1.807) is 0 Å². The van der Waals surface area contributed by atoms with E-state index in [1.165, 1.54) is 22.4 Å². The molecule has 0 radical (unpaired) electrons. The Hall–Kier alpha value is -1.55. The molecule has 0 amide bonds. The highest BCUT2D eigenvalue weighted by atomic mass is 35.5. The van der Waals surface area contributed by atoms with Crippen molar-refractivity contribution in [1.29, 1.82) is 0 Å². The standard InChI is InChI=1S/C24H30ClNO2/c1-2-28-22-13-6-4-10-19(22)23-20-11-7-8-14-24(20,27)15-16-26(23)17-18-9-3-5-12-21(18)25/h3-6,9-10,12-13,20,23,27H,2,7-8,11,14-17H2,1H3/p+1/t20-,23-,24+/m0/s1. The van der Waals surface area contributed by atoms with Crippen LogP contribution in [0.3, 0.4) is 0 Å². The molecule has 2 aromatic carbocycles. The minimum Gasteiger partial charge on any atom is -0.493 e. The van der Waals surface area contributed by atoms with Gasteiger partial charge in [-0.05, 0) is 38.0 Å². The summed E-state index contributed by atoms with van der Waals surface area (Å²) in [6.07, 6.45) is 5.19. The quantitative estimate of drug-likeness (QED) is 0.789. The fourth-order valence-electron chi connectivity index (χ4n) is 5.40. The molecule has 0 bridgehead atoms. The normalized spacial score (nSPS) is 29.9. The number of ether oxygens (including phenoxy) is 1. The lowest BCUT2D eigenvalue weighted by molar-refractivity contribution is -0.958. The van der Waals surface area contributed by atoms with Gasteiger partial charge in [-0.3, -0.25) is 0 Å². The van der Waals surface area contributed by atoms with Gasteiger partial charge in [0.2, 0.25) is 0 Å². The molecule has 1 saturated heterocycles. The van der Waals surface area contributed by atoms with Crippen LogP contribution in [0.5, 0.6) is 5.75 Å². The van der Waals surface area contributed by atoms with Gasteiger partial charge >= 0.3 is 0 Å². The van der Waals surface area contributed by atoms with Crippen molar-refractivity contribution in [3.63, 3.8) is 0 Å². The Morgan fingerprint density at radius 1 is 1.11 bits per heavy atom. The van der Waals surface area contributed by atoms with Gasteiger partial charge in [0, 0.05) is 22.9 Å². The van der Waals surface area contributed by atoms with E-state index in [0.29, 0.717) is 6.61 Å². The third kappa shape index (κ3) is 3.80. The van der Waals surface area contributed by atoms with Gasteiger partial charge in [0.05, 0.1) is 24.3 Å². The van der Waals surface area contributed by atoms with E-state index in [0.717, 1.165) is 49.5 Å². The van der Waals surface area contributed by atoms with Gasteiger partial charge in [-0.15, -0.1) is 0 Å². The van der Waals surface area contributed by atoms with Crippen molar-refractivity contribution in [3.05, 3.63) is 64.7 Å². The predicted molar refractivity (Wildman–Crippen MR) is 113 cm³/mol. The molecule has 2 fully saturated rings. The van der Waals surface area contributed by atoms with Crippen molar-refractivity contribution in [1.82, 2.24) is 0 Å².